The van der Waals surface area contributed by atoms with Gasteiger partial charge in [-0.3, -0.25) is 9.59 Å². The second-order valence-corrected chi connectivity index (χ2v) is 9.27. The minimum absolute atomic E-state index is 0.0126. The summed E-state index contributed by atoms with van der Waals surface area (Å²) in [5.74, 6) is -0.0708. The van der Waals surface area contributed by atoms with Crippen molar-refractivity contribution in [3.63, 3.8) is 0 Å². The summed E-state index contributed by atoms with van der Waals surface area (Å²) in [6.07, 6.45) is 1.64. The van der Waals surface area contributed by atoms with Crippen LogP contribution in [0.2, 0.25) is 0 Å². The van der Waals surface area contributed by atoms with E-state index < -0.39 is 6.04 Å². The molecule has 168 valence electrons. The highest BCUT2D eigenvalue weighted by molar-refractivity contribution is 5.87. The number of benzene rings is 2. The van der Waals surface area contributed by atoms with E-state index in [0.29, 0.717) is 32.4 Å². The molecule has 1 atom stereocenters. The van der Waals surface area contributed by atoms with Crippen LogP contribution in [0.25, 0.3) is 0 Å². The number of rotatable bonds is 9. The first-order chi connectivity index (χ1) is 14.7. The van der Waals surface area contributed by atoms with Gasteiger partial charge < -0.3 is 10.2 Å². The molecule has 2 aromatic rings. The van der Waals surface area contributed by atoms with E-state index >= 15 is 0 Å². The van der Waals surface area contributed by atoms with Gasteiger partial charge >= 0.3 is 0 Å². The molecule has 0 aliphatic rings. The zero-order chi connectivity index (χ0) is 23.0. The Morgan fingerprint density at radius 2 is 1.52 bits per heavy atom. The third-order valence-corrected chi connectivity index (χ3v) is 5.66. The van der Waals surface area contributed by atoms with Crippen LogP contribution in [0.5, 0.6) is 0 Å². The number of likely N-dealkylation sites (N-methyl/N-ethyl adjacent to an activating group) is 1. The molecule has 4 nitrogen and oxygen atoms in total. The van der Waals surface area contributed by atoms with Crippen molar-refractivity contribution >= 4 is 11.8 Å². The zero-order valence-electron chi connectivity index (χ0n) is 20.0. The molecular weight excluding hydrogens is 384 g/mol. The van der Waals surface area contributed by atoms with Crippen LogP contribution < -0.4 is 5.32 Å². The standard InChI is InChI=1S/C27H38N2O2/c1-7-24(26(31)28-8-2)29(19-22-11-9-20(3)10-12-22)25(30)18-15-21-13-16-23(17-14-21)27(4,5)6/h9-14,16-17,24H,7-8,15,18-19H2,1-6H3,(H,28,31). The summed E-state index contributed by atoms with van der Waals surface area (Å²) in [5.41, 5.74) is 4.75. The molecular formula is C27H38N2O2. The number of nitrogens with zero attached hydrogens (tertiary/aromatic N) is 1. The molecule has 4 heteroatoms. The molecule has 1 N–H and O–H groups in total. The quantitative estimate of drug-likeness (QED) is 0.606. The lowest BCUT2D eigenvalue weighted by Gasteiger charge is -2.30. The molecule has 0 radical (unpaired) electrons. The van der Waals surface area contributed by atoms with E-state index in [-0.39, 0.29) is 17.2 Å². The number of aryl methyl sites for hydroxylation is 2. The van der Waals surface area contributed by atoms with E-state index in [0.717, 1.165) is 11.1 Å². The van der Waals surface area contributed by atoms with Crippen LogP contribution in [0.3, 0.4) is 0 Å². The van der Waals surface area contributed by atoms with E-state index in [1.807, 2.05) is 45.0 Å². The smallest absolute Gasteiger partial charge is 0.242 e. The van der Waals surface area contributed by atoms with Gasteiger partial charge in [0.1, 0.15) is 6.04 Å². The molecule has 0 saturated carbocycles. The Kier molecular flexibility index (Phi) is 8.85. The van der Waals surface area contributed by atoms with Crippen LogP contribution in [-0.2, 0) is 28.0 Å². The van der Waals surface area contributed by atoms with Crippen molar-refractivity contribution in [3.05, 3.63) is 70.8 Å². The molecule has 0 aliphatic carbocycles. The molecule has 0 aromatic heterocycles. The van der Waals surface area contributed by atoms with Crippen molar-refractivity contribution in [2.75, 3.05) is 6.54 Å². The second-order valence-electron chi connectivity index (χ2n) is 9.27. The number of amides is 2. The monoisotopic (exact) mass is 422 g/mol. The number of carbonyl (C=O) groups excluding carboxylic acids is 2. The lowest BCUT2D eigenvalue weighted by molar-refractivity contribution is -0.141. The predicted octanol–water partition coefficient (Wildman–Crippen LogP) is 5.17. The van der Waals surface area contributed by atoms with E-state index in [1.165, 1.54) is 11.1 Å². The fraction of sp³-hybridized carbons (Fsp3) is 0.481. The van der Waals surface area contributed by atoms with Crippen LogP contribution in [0.4, 0.5) is 0 Å². The fourth-order valence-electron chi connectivity index (χ4n) is 3.67. The zero-order valence-corrected chi connectivity index (χ0v) is 20.0. The molecule has 2 rings (SSSR count). The van der Waals surface area contributed by atoms with E-state index in [1.54, 1.807) is 4.90 Å². The number of nitrogens with one attached hydrogen (secondary N) is 1. The summed E-state index contributed by atoms with van der Waals surface area (Å²) in [7, 11) is 0. The van der Waals surface area contributed by atoms with Gasteiger partial charge in [0, 0.05) is 19.5 Å². The lowest BCUT2D eigenvalue weighted by atomic mass is 9.86. The third-order valence-electron chi connectivity index (χ3n) is 5.66. The van der Waals surface area contributed by atoms with Gasteiger partial charge in [0.25, 0.3) is 0 Å². The van der Waals surface area contributed by atoms with Gasteiger partial charge in [-0.05, 0) is 48.8 Å². The molecule has 1 unspecified atom stereocenters. The van der Waals surface area contributed by atoms with Crippen molar-refractivity contribution in [3.8, 4) is 0 Å². The second kappa shape index (κ2) is 11.1. The van der Waals surface area contributed by atoms with Crippen LogP contribution >= 0.6 is 0 Å². The Labute approximate surface area is 188 Å². The average Bonchev–Trinajstić information content (AvgIpc) is 2.73. The van der Waals surface area contributed by atoms with Crippen LogP contribution in [0.1, 0.15) is 69.7 Å². The van der Waals surface area contributed by atoms with Crippen molar-refractivity contribution in [2.45, 2.75) is 78.8 Å². The van der Waals surface area contributed by atoms with E-state index in [2.05, 4.69) is 50.4 Å². The van der Waals surface area contributed by atoms with Gasteiger partial charge in [-0.2, -0.15) is 0 Å². The number of hydrogen-bond donors (Lipinski definition) is 1. The Balaban J connectivity index is 2.16. The molecule has 0 aliphatic heterocycles. The summed E-state index contributed by atoms with van der Waals surface area (Å²) in [6.45, 7) is 13.5. The highest BCUT2D eigenvalue weighted by atomic mass is 16.2. The van der Waals surface area contributed by atoms with Crippen LogP contribution in [-0.4, -0.2) is 29.3 Å². The highest BCUT2D eigenvalue weighted by Gasteiger charge is 2.28. The molecule has 0 heterocycles. The summed E-state index contributed by atoms with van der Waals surface area (Å²) in [5, 5.41) is 2.89. The number of hydrogen-bond acceptors (Lipinski definition) is 2. The molecule has 2 amide bonds. The molecule has 0 bridgehead atoms. The molecule has 0 spiro atoms. The number of carbonyl (C=O) groups is 2. The predicted molar refractivity (Wildman–Crippen MR) is 128 cm³/mol. The first-order valence-corrected chi connectivity index (χ1v) is 11.4. The molecule has 0 fully saturated rings. The van der Waals surface area contributed by atoms with Crippen molar-refractivity contribution in [1.82, 2.24) is 10.2 Å². The van der Waals surface area contributed by atoms with Crippen LogP contribution in [0, 0.1) is 6.92 Å². The largest absolute Gasteiger partial charge is 0.355 e. The maximum absolute atomic E-state index is 13.3. The first kappa shape index (κ1) is 24.6. The van der Waals surface area contributed by atoms with Gasteiger partial charge in [0.05, 0.1) is 0 Å². The van der Waals surface area contributed by atoms with Gasteiger partial charge in [-0.1, -0.05) is 81.8 Å². The van der Waals surface area contributed by atoms with Crippen LogP contribution in [0.15, 0.2) is 48.5 Å². The van der Waals surface area contributed by atoms with Gasteiger partial charge in [0.2, 0.25) is 11.8 Å². The topological polar surface area (TPSA) is 49.4 Å². The fourth-order valence-corrected chi connectivity index (χ4v) is 3.67. The highest BCUT2D eigenvalue weighted by Crippen LogP contribution is 2.23. The first-order valence-electron chi connectivity index (χ1n) is 11.4. The SMILES string of the molecule is CCNC(=O)C(CC)N(Cc1ccc(C)cc1)C(=O)CCc1ccc(C(C)(C)C)cc1. The molecule has 0 saturated heterocycles. The minimum Gasteiger partial charge on any atom is -0.355 e. The lowest BCUT2D eigenvalue weighted by Crippen LogP contribution is -2.49. The maximum Gasteiger partial charge on any atom is 0.242 e. The van der Waals surface area contributed by atoms with Crippen molar-refractivity contribution in [2.24, 2.45) is 0 Å². The normalized spacial score (nSPS) is 12.3. The summed E-state index contributed by atoms with van der Waals surface area (Å²) in [6, 6.07) is 16.2. The van der Waals surface area contributed by atoms with Gasteiger partial charge in [0.15, 0.2) is 0 Å². The average molecular weight is 423 g/mol. The molecule has 31 heavy (non-hydrogen) atoms. The van der Waals surface area contributed by atoms with Crippen molar-refractivity contribution in [1.29, 1.82) is 0 Å². The summed E-state index contributed by atoms with van der Waals surface area (Å²) < 4.78 is 0. The van der Waals surface area contributed by atoms with Gasteiger partial charge in [-0.25, -0.2) is 0 Å². The maximum atomic E-state index is 13.3. The van der Waals surface area contributed by atoms with E-state index in [4.69, 9.17) is 0 Å². The summed E-state index contributed by atoms with van der Waals surface area (Å²) in [4.78, 5) is 27.7. The third kappa shape index (κ3) is 7.23. The Morgan fingerprint density at radius 1 is 0.935 bits per heavy atom. The summed E-state index contributed by atoms with van der Waals surface area (Å²) >= 11 is 0. The minimum atomic E-state index is -0.461. The Morgan fingerprint density at radius 3 is 2.03 bits per heavy atom. The van der Waals surface area contributed by atoms with Gasteiger partial charge in [-0.15, -0.1) is 0 Å². The van der Waals surface area contributed by atoms with E-state index in [9.17, 15) is 9.59 Å². The Hall–Kier alpha value is -2.62. The molecule has 2 aromatic carbocycles. The Bertz CT molecular complexity index is 848. The van der Waals surface area contributed by atoms with Crippen molar-refractivity contribution < 1.29 is 9.59 Å².